The van der Waals surface area contributed by atoms with E-state index in [2.05, 4.69) is 10.3 Å². The Morgan fingerprint density at radius 3 is 2.55 bits per heavy atom. The van der Waals surface area contributed by atoms with Gasteiger partial charge in [0, 0.05) is 23.2 Å². The molecular weight excluding hydrogens is 367 g/mol. The van der Waals surface area contributed by atoms with Gasteiger partial charge in [-0.15, -0.1) is 0 Å². The van der Waals surface area contributed by atoms with Crippen LogP contribution in [0, 0.1) is 17.7 Å². The molecule has 0 radical (unpaired) electrons. The number of carbonyl (C=O) groups excluding carboxylic acids is 1. The molecule has 1 N–H and O–H groups in total. The molecule has 5 heteroatoms. The van der Waals surface area contributed by atoms with Crippen LogP contribution >= 0.6 is 0 Å². The van der Waals surface area contributed by atoms with Crippen molar-refractivity contribution in [2.75, 3.05) is 5.32 Å². The first-order valence-corrected chi connectivity index (χ1v) is 10.2. The number of nitrogens with zero attached hydrogens (tertiary/aromatic N) is 1. The first kappa shape index (κ1) is 19.4. The van der Waals surface area contributed by atoms with Gasteiger partial charge in [0.15, 0.2) is 0 Å². The van der Waals surface area contributed by atoms with Crippen LogP contribution in [0.15, 0.2) is 60.8 Å². The van der Waals surface area contributed by atoms with Crippen molar-refractivity contribution in [3.05, 3.63) is 66.6 Å². The summed E-state index contributed by atoms with van der Waals surface area (Å²) < 4.78 is 19.3. The summed E-state index contributed by atoms with van der Waals surface area (Å²) in [6.07, 6.45) is 5.69. The number of carbonyl (C=O) groups is 1. The number of halogens is 1. The van der Waals surface area contributed by atoms with E-state index in [0.717, 1.165) is 42.3 Å². The molecule has 2 aromatic carbocycles. The second-order valence-corrected chi connectivity index (χ2v) is 7.77. The van der Waals surface area contributed by atoms with Crippen molar-refractivity contribution >= 4 is 22.5 Å². The Hall–Kier alpha value is -2.95. The van der Waals surface area contributed by atoms with Gasteiger partial charge in [0.1, 0.15) is 11.6 Å². The number of aromatic nitrogens is 1. The van der Waals surface area contributed by atoms with Gasteiger partial charge < -0.3 is 10.1 Å². The Morgan fingerprint density at radius 1 is 1.07 bits per heavy atom. The molecule has 0 saturated heterocycles. The molecule has 1 aromatic heterocycles. The highest BCUT2D eigenvalue weighted by Crippen LogP contribution is 2.34. The molecule has 1 fully saturated rings. The van der Waals surface area contributed by atoms with Gasteiger partial charge in [-0.05, 0) is 74.1 Å². The normalized spacial score (nSPS) is 20.2. The maximum Gasteiger partial charge on any atom is 0.227 e. The van der Waals surface area contributed by atoms with Crippen molar-refractivity contribution in [3.8, 4) is 5.75 Å². The summed E-state index contributed by atoms with van der Waals surface area (Å²) in [7, 11) is 0. The van der Waals surface area contributed by atoms with E-state index in [4.69, 9.17) is 4.74 Å². The van der Waals surface area contributed by atoms with Crippen LogP contribution in [-0.4, -0.2) is 17.0 Å². The Labute approximate surface area is 170 Å². The van der Waals surface area contributed by atoms with Crippen LogP contribution in [0.3, 0.4) is 0 Å². The lowest BCUT2D eigenvalue weighted by molar-refractivity contribution is -0.121. The number of para-hydroxylation sites is 1. The third-order valence-electron chi connectivity index (χ3n) is 5.85. The number of fused-ring (bicyclic) bond motifs is 1. The van der Waals surface area contributed by atoms with Gasteiger partial charge in [-0.2, -0.15) is 0 Å². The highest BCUT2D eigenvalue weighted by atomic mass is 19.1. The highest BCUT2D eigenvalue weighted by molar-refractivity contribution is 5.92. The molecule has 1 amide bonds. The molecule has 1 saturated carbocycles. The van der Waals surface area contributed by atoms with Crippen LogP contribution < -0.4 is 10.1 Å². The molecule has 4 rings (SSSR count). The number of hydrogen-bond acceptors (Lipinski definition) is 3. The minimum Gasteiger partial charge on any atom is -0.490 e. The van der Waals surface area contributed by atoms with Crippen molar-refractivity contribution in [3.63, 3.8) is 0 Å². The quantitative estimate of drug-likeness (QED) is 0.616. The molecule has 150 valence electrons. The van der Waals surface area contributed by atoms with Crippen molar-refractivity contribution in [2.24, 2.45) is 11.8 Å². The standard InChI is InChI=1S/C24H25FN2O2/c1-16(24(28)27-19-10-8-18(25)9-11-19)17-6-12-20(13-7-17)29-23-14-15-26-22-5-3-2-4-21(22)23/h2-5,8-11,14-17,20H,6-7,12-13H2,1H3,(H,27,28)/t16?,17-,20+. The van der Waals surface area contributed by atoms with Crippen molar-refractivity contribution in [2.45, 2.75) is 38.7 Å². The number of nitrogens with one attached hydrogen (secondary N) is 1. The number of amides is 1. The maximum absolute atomic E-state index is 13.0. The molecule has 29 heavy (non-hydrogen) atoms. The van der Waals surface area contributed by atoms with Crippen molar-refractivity contribution in [1.29, 1.82) is 0 Å². The summed E-state index contributed by atoms with van der Waals surface area (Å²) in [6, 6.07) is 15.8. The summed E-state index contributed by atoms with van der Waals surface area (Å²) in [5.41, 5.74) is 1.56. The molecule has 1 aliphatic carbocycles. The number of benzene rings is 2. The monoisotopic (exact) mass is 392 g/mol. The molecule has 0 aliphatic heterocycles. The number of hydrogen-bond donors (Lipinski definition) is 1. The fraction of sp³-hybridized carbons (Fsp3) is 0.333. The van der Waals surface area contributed by atoms with E-state index in [1.54, 1.807) is 18.3 Å². The lowest BCUT2D eigenvalue weighted by atomic mass is 9.79. The number of pyridine rings is 1. The Bertz CT molecular complexity index is 976. The highest BCUT2D eigenvalue weighted by Gasteiger charge is 2.30. The van der Waals surface area contributed by atoms with Gasteiger partial charge in [-0.1, -0.05) is 19.1 Å². The van der Waals surface area contributed by atoms with Gasteiger partial charge in [0.25, 0.3) is 0 Å². The molecule has 1 unspecified atom stereocenters. The smallest absolute Gasteiger partial charge is 0.227 e. The summed E-state index contributed by atoms with van der Waals surface area (Å²) >= 11 is 0. The molecule has 0 bridgehead atoms. The minimum atomic E-state index is -0.309. The Balaban J connectivity index is 1.32. The maximum atomic E-state index is 13.0. The van der Waals surface area contributed by atoms with Gasteiger partial charge in [-0.3, -0.25) is 9.78 Å². The zero-order chi connectivity index (χ0) is 20.2. The fourth-order valence-electron chi connectivity index (χ4n) is 4.06. The Morgan fingerprint density at radius 2 is 1.79 bits per heavy atom. The van der Waals surface area contributed by atoms with Crippen molar-refractivity contribution in [1.82, 2.24) is 4.98 Å². The zero-order valence-corrected chi connectivity index (χ0v) is 16.5. The summed E-state index contributed by atoms with van der Waals surface area (Å²) in [5, 5.41) is 3.93. The summed E-state index contributed by atoms with van der Waals surface area (Å²) in [4.78, 5) is 17.0. The average Bonchev–Trinajstić information content (AvgIpc) is 2.75. The molecule has 1 aliphatic rings. The van der Waals surface area contributed by atoms with E-state index in [1.165, 1.54) is 12.1 Å². The van der Waals surface area contributed by atoms with Crippen LogP contribution in [0.4, 0.5) is 10.1 Å². The number of ether oxygens (including phenoxy) is 1. The molecule has 1 heterocycles. The topological polar surface area (TPSA) is 51.2 Å². The number of rotatable bonds is 5. The third-order valence-corrected chi connectivity index (χ3v) is 5.85. The summed E-state index contributed by atoms with van der Waals surface area (Å²) in [6.45, 7) is 1.97. The van der Waals surface area contributed by atoms with E-state index in [-0.39, 0.29) is 23.7 Å². The average molecular weight is 392 g/mol. The van der Waals surface area contributed by atoms with E-state index in [0.29, 0.717) is 11.6 Å². The molecular formula is C24H25FN2O2. The Kier molecular flexibility index (Phi) is 5.74. The van der Waals surface area contributed by atoms with Crippen LogP contribution in [0.25, 0.3) is 10.9 Å². The van der Waals surface area contributed by atoms with Gasteiger partial charge in [0.05, 0.1) is 11.6 Å². The summed E-state index contributed by atoms with van der Waals surface area (Å²) in [5.74, 6) is 0.783. The second kappa shape index (κ2) is 8.60. The SMILES string of the molecule is CC(C(=O)Nc1ccc(F)cc1)[C@H]1CC[C@@H](Oc2ccnc3ccccc23)CC1. The minimum absolute atomic E-state index is 0.0129. The predicted molar refractivity (Wildman–Crippen MR) is 112 cm³/mol. The van der Waals surface area contributed by atoms with E-state index in [1.807, 2.05) is 37.3 Å². The third kappa shape index (κ3) is 4.56. The molecule has 4 nitrogen and oxygen atoms in total. The van der Waals surface area contributed by atoms with Gasteiger partial charge >= 0.3 is 0 Å². The van der Waals surface area contributed by atoms with Gasteiger partial charge in [-0.25, -0.2) is 4.39 Å². The molecule has 3 aromatic rings. The second-order valence-electron chi connectivity index (χ2n) is 7.77. The van der Waals surface area contributed by atoms with E-state index >= 15 is 0 Å². The molecule has 1 atom stereocenters. The first-order valence-electron chi connectivity index (χ1n) is 10.2. The van der Waals surface area contributed by atoms with Crippen LogP contribution in [0.1, 0.15) is 32.6 Å². The largest absolute Gasteiger partial charge is 0.490 e. The van der Waals surface area contributed by atoms with Crippen LogP contribution in [-0.2, 0) is 4.79 Å². The van der Waals surface area contributed by atoms with Crippen LogP contribution in [0.2, 0.25) is 0 Å². The van der Waals surface area contributed by atoms with E-state index < -0.39 is 0 Å². The fourth-order valence-corrected chi connectivity index (χ4v) is 4.06. The molecule has 0 spiro atoms. The zero-order valence-electron chi connectivity index (χ0n) is 16.5. The lowest BCUT2D eigenvalue weighted by Gasteiger charge is -2.32. The number of anilines is 1. The first-order chi connectivity index (χ1) is 14.1. The van der Waals surface area contributed by atoms with Crippen molar-refractivity contribution < 1.29 is 13.9 Å². The van der Waals surface area contributed by atoms with Crippen LogP contribution in [0.5, 0.6) is 5.75 Å². The lowest BCUT2D eigenvalue weighted by Crippen LogP contribution is -2.32. The predicted octanol–water partition coefficient (Wildman–Crippen LogP) is 5.59. The van der Waals surface area contributed by atoms with Gasteiger partial charge in [0.2, 0.25) is 5.91 Å². The van der Waals surface area contributed by atoms with E-state index in [9.17, 15) is 9.18 Å².